The number of benzene rings is 2. The van der Waals surface area contributed by atoms with E-state index >= 15 is 0 Å². The zero-order valence-corrected chi connectivity index (χ0v) is 29.0. The summed E-state index contributed by atoms with van der Waals surface area (Å²) in [6, 6.07) is 8.68. The Kier molecular flexibility index (Phi) is 8.52. The topological polar surface area (TPSA) is 121 Å². The Morgan fingerprint density at radius 1 is 1.00 bits per heavy atom. The number of aromatic nitrogens is 4. The van der Waals surface area contributed by atoms with Crippen molar-refractivity contribution in [2.45, 2.75) is 24.9 Å². The fraction of sp³-hybridized carbons (Fsp3) is 0.438. The van der Waals surface area contributed by atoms with Crippen LogP contribution in [-0.4, -0.2) is 109 Å². The first kappa shape index (κ1) is 31.1. The molecule has 5 heterocycles. The maximum atomic E-state index is 13.4. The highest BCUT2D eigenvalue weighted by atomic mass is 79.9. The average molecular weight is 709 g/mol. The van der Waals surface area contributed by atoms with Gasteiger partial charge in [-0.25, -0.2) is 4.98 Å². The van der Waals surface area contributed by atoms with E-state index in [1.165, 1.54) is 0 Å². The molecule has 2 fully saturated rings. The van der Waals surface area contributed by atoms with Gasteiger partial charge in [-0.05, 0) is 61.3 Å². The third-order valence-electron chi connectivity index (χ3n) is 9.16. The summed E-state index contributed by atoms with van der Waals surface area (Å²) in [4.78, 5) is 25.7. The van der Waals surface area contributed by atoms with Gasteiger partial charge in [0.25, 0.3) is 0 Å². The van der Waals surface area contributed by atoms with E-state index in [0.29, 0.717) is 68.4 Å². The number of ether oxygens (including phenoxy) is 2. The zero-order chi connectivity index (χ0) is 32.0. The van der Waals surface area contributed by atoms with Gasteiger partial charge in [-0.3, -0.25) is 14.9 Å². The van der Waals surface area contributed by atoms with Gasteiger partial charge in [-0.1, -0.05) is 0 Å². The third-order valence-corrected chi connectivity index (χ3v) is 11.3. The molecule has 46 heavy (non-hydrogen) atoms. The van der Waals surface area contributed by atoms with Crippen LogP contribution in [0.25, 0.3) is 11.0 Å². The van der Waals surface area contributed by atoms with E-state index < -0.39 is 7.14 Å². The molecule has 3 aliphatic heterocycles. The van der Waals surface area contributed by atoms with Crippen molar-refractivity contribution in [3.05, 3.63) is 47.3 Å². The predicted octanol–water partition coefficient (Wildman–Crippen LogP) is 4.90. The molecule has 14 heteroatoms. The van der Waals surface area contributed by atoms with Gasteiger partial charge in [0.15, 0.2) is 0 Å². The number of nitrogens with one attached hydrogen (secondary N) is 2. The van der Waals surface area contributed by atoms with Crippen molar-refractivity contribution in [2.75, 3.05) is 82.4 Å². The Hall–Kier alpha value is -3.51. The van der Waals surface area contributed by atoms with Crippen molar-refractivity contribution in [3.63, 3.8) is 0 Å². The minimum atomic E-state index is -2.74. The summed E-state index contributed by atoms with van der Waals surface area (Å²) in [5.41, 5.74) is 3.70. The maximum absolute atomic E-state index is 13.4. The average Bonchev–Trinajstić information content (AvgIpc) is 3.05. The van der Waals surface area contributed by atoms with Crippen LogP contribution in [0.2, 0.25) is 0 Å². The number of fused-ring (bicyclic) bond motifs is 4. The molecular formula is C32H39BrN9O3P. The van der Waals surface area contributed by atoms with Gasteiger partial charge in [0.05, 0.1) is 45.5 Å². The fourth-order valence-electron chi connectivity index (χ4n) is 6.80. The number of rotatable bonds is 7. The summed E-state index contributed by atoms with van der Waals surface area (Å²) in [6.07, 6.45) is 7.16. The van der Waals surface area contributed by atoms with E-state index in [9.17, 15) is 4.57 Å². The van der Waals surface area contributed by atoms with Gasteiger partial charge in [-0.15, -0.1) is 0 Å². The highest BCUT2D eigenvalue weighted by molar-refractivity contribution is 9.10. The molecule has 3 aliphatic rings. The molecule has 0 bridgehead atoms. The minimum Gasteiger partial charge on any atom is -0.494 e. The van der Waals surface area contributed by atoms with Gasteiger partial charge >= 0.3 is 0 Å². The second kappa shape index (κ2) is 12.6. The first-order valence-electron chi connectivity index (χ1n) is 15.6. The lowest BCUT2D eigenvalue weighted by Gasteiger charge is -2.48. The smallest absolute Gasteiger partial charge is 0.229 e. The Balaban J connectivity index is 1.12. The molecule has 12 nitrogen and oxygen atoms in total. The Labute approximate surface area is 277 Å². The first-order valence-corrected chi connectivity index (χ1v) is 19.0. The van der Waals surface area contributed by atoms with E-state index in [2.05, 4.69) is 69.3 Å². The highest BCUT2D eigenvalue weighted by Gasteiger charge is 2.37. The second-order valence-corrected chi connectivity index (χ2v) is 16.6. The minimum absolute atomic E-state index is 0.338. The van der Waals surface area contributed by atoms with Gasteiger partial charge in [0.2, 0.25) is 5.95 Å². The van der Waals surface area contributed by atoms with E-state index in [1.54, 1.807) is 39.0 Å². The van der Waals surface area contributed by atoms with Crippen LogP contribution < -0.4 is 30.3 Å². The van der Waals surface area contributed by atoms with E-state index in [4.69, 9.17) is 14.5 Å². The number of methoxy groups -OCH3 is 1. The van der Waals surface area contributed by atoms with Crippen LogP contribution in [0.3, 0.4) is 0 Å². The van der Waals surface area contributed by atoms with E-state index in [-0.39, 0.29) is 0 Å². The van der Waals surface area contributed by atoms with Crippen molar-refractivity contribution in [2.24, 2.45) is 0 Å². The molecule has 2 aromatic heterocycles. The number of anilines is 5. The highest BCUT2D eigenvalue weighted by Crippen LogP contribution is 2.45. The Morgan fingerprint density at radius 2 is 1.80 bits per heavy atom. The number of halogens is 1. The standard InChI is InChI=1S/C32H39BrN9O3P/c1-40-11-13-41(14-12-40)20-7-10-42-21(15-20)19-45-28-16-25(27(44-2)17-26(28)42)38-32-36-18-22(33)31(39-32)37-24-6-5-23-29(35-9-8-34-23)30(24)46(3,4)43/h5-6,8-9,16-18,20-21H,7,10-15,19H2,1-4H3,(H2,36,37,38,39)/t20-,21+/m0/s1. The zero-order valence-electron chi connectivity index (χ0n) is 26.5. The molecule has 2 N–H and O–H groups in total. The molecule has 0 spiro atoms. The van der Waals surface area contributed by atoms with Crippen LogP contribution in [0.1, 0.15) is 12.8 Å². The second-order valence-electron chi connectivity index (χ2n) is 12.6. The quantitative estimate of drug-likeness (QED) is 0.254. The van der Waals surface area contributed by atoms with Crippen molar-refractivity contribution < 1.29 is 14.0 Å². The molecule has 4 aromatic rings. The van der Waals surface area contributed by atoms with Gasteiger partial charge in [0, 0.05) is 69.5 Å². The van der Waals surface area contributed by atoms with Gasteiger partial charge < -0.3 is 34.5 Å². The molecule has 0 saturated carbocycles. The molecule has 0 aliphatic carbocycles. The van der Waals surface area contributed by atoms with Crippen molar-refractivity contribution >= 4 is 68.2 Å². The summed E-state index contributed by atoms with van der Waals surface area (Å²) in [5.74, 6) is 2.37. The van der Waals surface area contributed by atoms with E-state index in [1.807, 2.05) is 18.2 Å². The molecule has 7 rings (SSSR count). The monoisotopic (exact) mass is 707 g/mol. The van der Waals surface area contributed by atoms with E-state index in [0.717, 1.165) is 57.0 Å². The third kappa shape index (κ3) is 6.13. The fourth-order valence-corrected chi connectivity index (χ4v) is 8.48. The van der Waals surface area contributed by atoms with Crippen molar-refractivity contribution in [3.8, 4) is 11.5 Å². The number of piperidine rings is 1. The molecule has 0 unspecified atom stereocenters. The number of hydrogen-bond donors (Lipinski definition) is 2. The molecule has 0 radical (unpaired) electrons. The van der Waals surface area contributed by atoms with Crippen molar-refractivity contribution in [1.29, 1.82) is 0 Å². The summed E-state index contributed by atoms with van der Waals surface area (Å²) in [7, 11) is 1.13. The molecule has 0 amide bonds. The molecule has 2 saturated heterocycles. The van der Waals surface area contributed by atoms with Crippen LogP contribution >= 0.6 is 23.1 Å². The van der Waals surface area contributed by atoms with Crippen LogP contribution in [0.4, 0.5) is 28.8 Å². The Morgan fingerprint density at radius 3 is 2.59 bits per heavy atom. The number of piperazine rings is 1. The van der Waals surface area contributed by atoms with Gasteiger partial charge in [-0.2, -0.15) is 4.98 Å². The summed E-state index contributed by atoms with van der Waals surface area (Å²) in [5, 5.41) is 7.31. The SMILES string of the molecule is COc1cc2c(cc1Nc1ncc(Br)c(Nc3ccc4nccnc4c3P(C)(C)=O)n1)OC[C@H]1C[C@@H](N3CCN(C)CC3)CCN21. The molecule has 242 valence electrons. The molecular weight excluding hydrogens is 669 g/mol. The number of hydrogen-bond acceptors (Lipinski definition) is 12. The largest absolute Gasteiger partial charge is 0.494 e. The Bertz CT molecular complexity index is 1810. The van der Waals surface area contributed by atoms with Crippen LogP contribution in [0.5, 0.6) is 11.5 Å². The number of nitrogens with zero attached hydrogens (tertiary/aromatic N) is 7. The lowest BCUT2D eigenvalue weighted by molar-refractivity contribution is 0.0822. The van der Waals surface area contributed by atoms with Gasteiger partial charge in [0.1, 0.15) is 36.6 Å². The van der Waals surface area contributed by atoms with Crippen molar-refractivity contribution in [1.82, 2.24) is 29.7 Å². The summed E-state index contributed by atoms with van der Waals surface area (Å²) >= 11 is 3.57. The van der Waals surface area contributed by atoms with Crippen LogP contribution in [0.15, 0.2) is 47.3 Å². The normalized spacial score (nSPS) is 20.5. The van der Waals surface area contributed by atoms with Crippen LogP contribution in [0, 0.1) is 0 Å². The first-order chi connectivity index (χ1) is 22.2. The molecule has 2 atom stereocenters. The molecule has 2 aromatic carbocycles. The lowest BCUT2D eigenvalue weighted by atomic mass is 9.93. The summed E-state index contributed by atoms with van der Waals surface area (Å²) in [6.45, 7) is 9.65. The lowest BCUT2D eigenvalue weighted by Crippen LogP contribution is -2.57. The number of likely N-dealkylation sites (N-methyl/N-ethyl adjacent to an activating group) is 1. The predicted molar refractivity (Wildman–Crippen MR) is 187 cm³/mol. The van der Waals surface area contributed by atoms with Crippen LogP contribution in [-0.2, 0) is 4.57 Å². The summed E-state index contributed by atoms with van der Waals surface area (Å²) < 4.78 is 26.3. The maximum Gasteiger partial charge on any atom is 0.229 e.